The van der Waals surface area contributed by atoms with E-state index in [1.807, 2.05) is 12.4 Å². The van der Waals surface area contributed by atoms with E-state index in [2.05, 4.69) is 16.5 Å². The zero-order valence-electron chi connectivity index (χ0n) is 9.98. The molecular formula is C13H20N2O. The molecule has 1 aromatic rings. The van der Waals surface area contributed by atoms with Crippen LogP contribution in [0.4, 0.5) is 0 Å². The zero-order chi connectivity index (χ0) is 11.4. The molecule has 0 saturated heterocycles. The summed E-state index contributed by atoms with van der Waals surface area (Å²) in [6.07, 6.45) is 9.93. The van der Waals surface area contributed by atoms with E-state index in [1.165, 1.54) is 6.42 Å². The normalized spacial score (nSPS) is 21.3. The van der Waals surface area contributed by atoms with Gasteiger partial charge in [-0.2, -0.15) is 0 Å². The van der Waals surface area contributed by atoms with Crippen LogP contribution in [-0.2, 0) is 17.8 Å². The molecule has 1 fully saturated rings. The Kier molecular flexibility index (Phi) is 3.75. The first-order valence-corrected chi connectivity index (χ1v) is 6.34. The van der Waals surface area contributed by atoms with Crippen molar-refractivity contribution in [1.82, 2.24) is 9.55 Å². The van der Waals surface area contributed by atoms with Gasteiger partial charge in [0, 0.05) is 37.7 Å². The number of carbonyl (C=O) groups excluding carboxylic acids is 1. The SMILES string of the molecule is CCCn1ccnc1CC1CCCCC1=O. The second-order valence-electron chi connectivity index (χ2n) is 4.65. The van der Waals surface area contributed by atoms with E-state index in [1.54, 1.807) is 0 Å². The third kappa shape index (κ3) is 2.52. The second kappa shape index (κ2) is 5.28. The number of rotatable bonds is 4. The molecule has 2 rings (SSSR count). The highest BCUT2D eigenvalue weighted by Gasteiger charge is 2.23. The number of carbonyl (C=O) groups is 1. The maximum Gasteiger partial charge on any atom is 0.136 e. The lowest BCUT2D eigenvalue weighted by atomic mass is 9.85. The molecule has 1 heterocycles. The summed E-state index contributed by atoms with van der Waals surface area (Å²) < 4.78 is 2.18. The van der Waals surface area contributed by atoms with Crippen LogP contribution in [-0.4, -0.2) is 15.3 Å². The monoisotopic (exact) mass is 220 g/mol. The molecule has 1 saturated carbocycles. The number of hydrogen-bond donors (Lipinski definition) is 0. The zero-order valence-corrected chi connectivity index (χ0v) is 9.98. The summed E-state index contributed by atoms with van der Waals surface area (Å²) in [6.45, 7) is 3.17. The summed E-state index contributed by atoms with van der Waals surface area (Å²) >= 11 is 0. The van der Waals surface area contributed by atoms with Gasteiger partial charge in [0.1, 0.15) is 11.6 Å². The van der Waals surface area contributed by atoms with Crippen LogP contribution < -0.4 is 0 Å². The molecule has 1 aliphatic rings. The molecular weight excluding hydrogens is 200 g/mol. The van der Waals surface area contributed by atoms with Crippen molar-refractivity contribution in [2.24, 2.45) is 5.92 Å². The molecule has 0 N–H and O–H groups in total. The third-order valence-corrected chi connectivity index (χ3v) is 3.38. The number of hydrogen-bond acceptors (Lipinski definition) is 2. The van der Waals surface area contributed by atoms with Crippen LogP contribution in [0.5, 0.6) is 0 Å². The van der Waals surface area contributed by atoms with Gasteiger partial charge in [0.25, 0.3) is 0 Å². The van der Waals surface area contributed by atoms with Gasteiger partial charge >= 0.3 is 0 Å². The van der Waals surface area contributed by atoms with Crippen LogP contribution in [0.1, 0.15) is 44.9 Å². The Bertz CT molecular complexity index is 357. The summed E-state index contributed by atoms with van der Waals surface area (Å²) in [4.78, 5) is 16.1. The number of nitrogens with zero attached hydrogens (tertiary/aromatic N) is 2. The summed E-state index contributed by atoms with van der Waals surface area (Å²) in [5.74, 6) is 1.76. The van der Waals surface area contributed by atoms with Crippen molar-refractivity contribution < 1.29 is 4.79 Å². The first-order chi connectivity index (χ1) is 7.81. The molecule has 1 atom stereocenters. The summed E-state index contributed by atoms with van der Waals surface area (Å²) in [5, 5.41) is 0. The highest BCUT2D eigenvalue weighted by atomic mass is 16.1. The van der Waals surface area contributed by atoms with Crippen molar-refractivity contribution in [3.05, 3.63) is 18.2 Å². The maximum atomic E-state index is 11.8. The van der Waals surface area contributed by atoms with Crippen molar-refractivity contribution in [3.8, 4) is 0 Å². The first kappa shape index (κ1) is 11.4. The third-order valence-electron chi connectivity index (χ3n) is 3.38. The minimum atomic E-state index is 0.228. The van der Waals surface area contributed by atoms with Crippen LogP contribution in [0, 0.1) is 5.92 Å². The van der Waals surface area contributed by atoms with Gasteiger partial charge in [0.05, 0.1) is 0 Å². The van der Waals surface area contributed by atoms with Gasteiger partial charge in [0.15, 0.2) is 0 Å². The van der Waals surface area contributed by atoms with E-state index in [9.17, 15) is 4.79 Å². The van der Waals surface area contributed by atoms with E-state index in [4.69, 9.17) is 0 Å². The molecule has 0 amide bonds. The van der Waals surface area contributed by atoms with Crippen molar-refractivity contribution in [1.29, 1.82) is 0 Å². The molecule has 0 aromatic carbocycles. The highest BCUT2D eigenvalue weighted by molar-refractivity contribution is 5.81. The molecule has 0 spiro atoms. The molecule has 88 valence electrons. The van der Waals surface area contributed by atoms with Crippen LogP contribution in [0.2, 0.25) is 0 Å². The number of aryl methyl sites for hydroxylation is 1. The highest BCUT2D eigenvalue weighted by Crippen LogP contribution is 2.23. The topological polar surface area (TPSA) is 34.9 Å². The fraction of sp³-hybridized carbons (Fsp3) is 0.692. The molecule has 0 radical (unpaired) electrons. The molecule has 0 aliphatic heterocycles. The van der Waals surface area contributed by atoms with Crippen LogP contribution >= 0.6 is 0 Å². The van der Waals surface area contributed by atoms with Crippen molar-refractivity contribution in [3.63, 3.8) is 0 Å². The minimum absolute atomic E-state index is 0.228. The van der Waals surface area contributed by atoms with E-state index in [0.717, 1.165) is 44.5 Å². The fourth-order valence-electron chi connectivity index (χ4n) is 2.47. The van der Waals surface area contributed by atoms with Crippen molar-refractivity contribution in [2.45, 2.75) is 52.0 Å². The van der Waals surface area contributed by atoms with E-state index in [0.29, 0.717) is 5.78 Å². The first-order valence-electron chi connectivity index (χ1n) is 6.34. The summed E-state index contributed by atoms with van der Waals surface area (Å²) in [6, 6.07) is 0. The average Bonchev–Trinajstić information content (AvgIpc) is 2.70. The molecule has 16 heavy (non-hydrogen) atoms. The summed E-state index contributed by atoms with van der Waals surface area (Å²) in [5.41, 5.74) is 0. The fourth-order valence-corrected chi connectivity index (χ4v) is 2.47. The minimum Gasteiger partial charge on any atom is -0.335 e. The van der Waals surface area contributed by atoms with Gasteiger partial charge in [-0.05, 0) is 19.3 Å². The van der Waals surface area contributed by atoms with E-state index < -0.39 is 0 Å². The molecule has 1 aromatic heterocycles. The predicted octanol–water partition coefficient (Wildman–Crippen LogP) is 2.59. The predicted molar refractivity (Wildman–Crippen MR) is 63.2 cm³/mol. The Morgan fingerprint density at radius 1 is 1.50 bits per heavy atom. The van der Waals surface area contributed by atoms with E-state index in [-0.39, 0.29) is 5.92 Å². The Morgan fingerprint density at radius 3 is 3.12 bits per heavy atom. The average molecular weight is 220 g/mol. The second-order valence-corrected chi connectivity index (χ2v) is 4.65. The molecule has 1 aliphatic carbocycles. The van der Waals surface area contributed by atoms with Crippen LogP contribution in [0.3, 0.4) is 0 Å². The lowest BCUT2D eigenvalue weighted by Crippen LogP contribution is -2.22. The van der Waals surface area contributed by atoms with Gasteiger partial charge in [0.2, 0.25) is 0 Å². The van der Waals surface area contributed by atoms with Gasteiger partial charge < -0.3 is 4.57 Å². The summed E-state index contributed by atoms with van der Waals surface area (Å²) in [7, 11) is 0. The molecule has 3 heteroatoms. The van der Waals surface area contributed by atoms with Crippen LogP contribution in [0.15, 0.2) is 12.4 Å². The standard InChI is InChI=1S/C13H20N2O/c1-2-8-15-9-7-14-13(15)10-11-5-3-4-6-12(11)16/h7,9,11H,2-6,8,10H2,1H3. The Labute approximate surface area is 96.9 Å². The van der Waals surface area contributed by atoms with Crippen molar-refractivity contribution in [2.75, 3.05) is 0 Å². The van der Waals surface area contributed by atoms with Gasteiger partial charge in [-0.25, -0.2) is 4.98 Å². The maximum absolute atomic E-state index is 11.8. The van der Waals surface area contributed by atoms with E-state index >= 15 is 0 Å². The number of aromatic nitrogens is 2. The Hall–Kier alpha value is -1.12. The van der Waals surface area contributed by atoms with Gasteiger partial charge in [-0.15, -0.1) is 0 Å². The molecule has 0 bridgehead atoms. The number of imidazole rings is 1. The molecule has 1 unspecified atom stereocenters. The Morgan fingerprint density at radius 2 is 2.38 bits per heavy atom. The lowest BCUT2D eigenvalue weighted by Gasteiger charge is -2.20. The van der Waals surface area contributed by atoms with Gasteiger partial charge in [-0.1, -0.05) is 13.3 Å². The van der Waals surface area contributed by atoms with Crippen LogP contribution in [0.25, 0.3) is 0 Å². The Balaban J connectivity index is 2.01. The number of ketones is 1. The van der Waals surface area contributed by atoms with Crippen molar-refractivity contribution >= 4 is 5.78 Å². The lowest BCUT2D eigenvalue weighted by molar-refractivity contribution is -0.124. The molecule has 3 nitrogen and oxygen atoms in total. The van der Waals surface area contributed by atoms with Gasteiger partial charge in [-0.3, -0.25) is 4.79 Å². The quantitative estimate of drug-likeness (QED) is 0.781. The largest absolute Gasteiger partial charge is 0.335 e. The smallest absolute Gasteiger partial charge is 0.136 e. The number of Topliss-reactive ketones (excluding diaryl/α,β-unsaturated/α-hetero) is 1.